The van der Waals surface area contributed by atoms with Gasteiger partial charge in [-0.25, -0.2) is 0 Å². The van der Waals surface area contributed by atoms with Gasteiger partial charge < -0.3 is 0 Å². The van der Waals surface area contributed by atoms with Crippen molar-refractivity contribution >= 4 is 24.1 Å². The van der Waals surface area contributed by atoms with Crippen molar-refractivity contribution in [1.29, 1.82) is 0 Å². The van der Waals surface area contributed by atoms with Gasteiger partial charge in [0.15, 0.2) is 0 Å². The molecule has 5 aromatic rings. The van der Waals surface area contributed by atoms with Gasteiger partial charge in [-0.1, -0.05) is 0 Å². The summed E-state index contributed by atoms with van der Waals surface area (Å²) in [6, 6.07) is 26.9. The van der Waals surface area contributed by atoms with Crippen molar-refractivity contribution in [3.8, 4) is 32.4 Å². The second kappa shape index (κ2) is 7.96. The minimum atomic E-state index is 0.295. The molecule has 0 bridgehead atoms. The molecule has 3 aromatic carbocycles. The number of rotatable bonds is 3. The average molecular weight is 466 g/mol. The van der Waals surface area contributed by atoms with Gasteiger partial charge in [0.2, 0.25) is 0 Å². The first-order valence-electron chi connectivity index (χ1n) is 10.6. The Hall–Kier alpha value is -2.93. The normalized spacial score (nSPS) is 11.2. The predicted octanol–water partition coefficient (Wildman–Crippen LogP) is 7.53. The van der Waals surface area contributed by atoms with Crippen molar-refractivity contribution in [3.63, 3.8) is 0 Å². The van der Waals surface area contributed by atoms with Crippen LogP contribution in [-0.4, -0.2) is 19.5 Å². The van der Waals surface area contributed by atoms with Gasteiger partial charge in [0.1, 0.15) is 0 Å². The maximum atomic E-state index is 4.79. The van der Waals surface area contributed by atoms with E-state index in [9.17, 15) is 0 Å². The molecule has 152 valence electrons. The zero-order valence-corrected chi connectivity index (χ0v) is 20.1. The molecule has 0 atom stereocenters. The number of nitrogens with zero attached hydrogens (tertiary/aromatic N) is 1. The Balaban J connectivity index is 1.51. The standard InChI is InChI=1S/C29H25NSe/c1-18-12-19(2)14-24(13-18)26-15-25-16-27(31-28(25)17-30-26)22-8-10-23(11-9-22)29-20(3)6-5-7-21(29)4/h5-17H,1-4H3. The molecule has 2 heterocycles. The van der Waals surface area contributed by atoms with E-state index in [4.69, 9.17) is 4.98 Å². The summed E-state index contributed by atoms with van der Waals surface area (Å²) < 4.78 is 2.80. The third kappa shape index (κ3) is 3.90. The molecule has 0 saturated heterocycles. The van der Waals surface area contributed by atoms with Crippen molar-refractivity contribution in [2.75, 3.05) is 0 Å². The Bertz CT molecular complexity index is 1370. The van der Waals surface area contributed by atoms with Gasteiger partial charge in [0.05, 0.1) is 0 Å². The number of aromatic nitrogens is 1. The Morgan fingerprint density at radius 2 is 1.29 bits per heavy atom. The first-order valence-corrected chi connectivity index (χ1v) is 12.3. The average Bonchev–Trinajstić information content (AvgIpc) is 3.17. The fourth-order valence-electron chi connectivity index (χ4n) is 4.44. The predicted molar refractivity (Wildman–Crippen MR) is 134 cm³/mol. The third-order valence-electron chi connectivity index (χ3n) is 5.86. The first-order chi connectivity index (χ1) is 15.0. The number of pyridine rings is 1. The fraction of sp³-hybridized carbons (Fsp3) is 0.138. The zero-order valence-electron chi connectivity index (χ0n) is 18.4. The van der Waals surface area contributed by atoms with Crippen molar-refractivity contribution < 1.29 is 0 Å². The summed E-state index contributed by atoms with van der Waals surface area (Å²) in [6.45, 7) is 8.67. The molecule has 0 aliphatic heterocycles. The van der Waals surface area contributed by atoms with Crippen molar-refractivity contribution in [2.24, 2.45) is 0 Å². The molecule has 0 aliphatic carbocycles. The summed E-state index contributed by atoms with van der Waals surface area (Å²) in [5.41, 5.74) is 11.4. The van der Waals surface area contributed by atoms with Gasteiger partial charge in [-0.2, -0.15) is 0 Å². The van der Waals surface area contributed by atoms with Crippen LogP contribution in [0.25, 0.3) is 42.0 Å². The molecular formula is C29H25NSe. The summed E-state index contributed by atoms with van der Waals surface area (Å²) in [4.78, 5) is 4.79. The first kappa shape index (κ1) is 20.0. The molecule has 0 N–H and O–H groups in total. The summed E-state index contributed by atoms with van der Waals surface area (Å²) in [6.07, 6.45) is 2.08. The van der Waals surface area contributed by atoms with E-state index >= 15 is 0 Å². The summed E-state index contributed by atoms with van der Waals surface area (Å²) in [5.74, 6) is 0. The SMILES string of the molecule is Cc1cc(C)cc(-c2cc3cc(-c4ccc(-c5c(C)cccc5C)cc4)[se]c3cn2)c1. The van der Waals surface area contributed by atoms with Gasteiger partial charge in [0.25, 0.3) is 0 Å². The van der Waals surface area contributed by atoms with Crippen LogP contribution in [0.5, 0.6) is 0 Å². The molecule has 0 spiro atoms. The fourth-order valence-corrected chi connectivity index (χ4v) is 6.57. The van der Waals surface area contributed by atoms with Crippen LogP contribution in [0.3, 0.4) is 0 Å². The van der Waals surface area contributed by atoms with Gasteiger partial charge in [-0.15, -0.1) is 0 Å². The van der Waals surface area contributed by atoms with Gasteiger partial charge in [0, 0.05) is 0 Å². The molecular weight excluding hydrogens is 441 g/mol. The number of benzene rings is 3. The Morgan fingerprint density at radius 3 is 1.97 bits per heavy atom. The molecule has 31 heavy (non-hydrogen) atoms. The van der Waals surface area contributed by atoms with Crippen LogP contribution >= 0.6 is 0 Å². The van der Waals surface area contributed by atoms with E-state index in [0.717, 1.165) is 5.69 Å². The number of aryl methyl sites for hydroxylation is 4. The number of fused-ring (bicyclic) bond motifs is 1. The molecule has 0 amide bonds. The Morgan fingerprint density at radius 1 is 0.645 bits per heavy atom. The number of hydrogen-bond donors (Lipinski definition) is 0. The van der Waals surface area contributed by atoms with Crippen LogP contribution in [0.2, 0.25) is 0 Å². The van der Waals surface area contributed by atoms with E-state index in [2.05, 4.69) is 107 Å². The van der Waals surface area contributed by atoms with Crippen molar-refractivity contribution in [1.82, 2.24) is 4.98 Å². The minimum absolute atomic E-state index is 0.295. The van der Waals surface area contributed by atoms with Crippen LogP contribution in [0.15, 0.2) is 79.0 Å². The zero-order chi connectivity index (χ0) is 21.5. The Labute approximate surface area is 190 Å². The van der Waals surface area contributed by atoms with Crippen LogP contribution in [-0.2, 0) is 0 Å². The van der Waals surface area contributed by atoms with E-state index < -0.39 is 0 Å². The Kier molecular flexibility index (Phi) is 5.14. The molecule has 0 fully saturated rings. The van der Waals surface area contributed by atoms with Crippen LogP contribution < -0.4 is 0 Å². The molecule has 2 aromatic heterocycles. The third-order valence-corrected chi connectivity index (χ3v) is 8.24. The molecule has 0 saturated carbocycles. The molecule has 1 nitrogen and oxygen atoms in total. The quantitative estimate of drug-likeness (QED) is 0.251. The second-order valence-electron chi connectivity index (χ2n) is 8.44. The van der Waals surface area contributed by atoms with Gasteiger partial charge >= 0.3 is 190 Å². The van der Waals surface area contributed by atoms with Crippen LogP contribution in [0, 0.1) is 27.7 Å². The number of hydrogen-bond acceptors (Lipinski definition) is 1. The maximum absolute atomic E-state index is 4.79. The van der Waals surface area contributed by atoms with E-state index in [1.165, 1.54) is 58.6 Å². The topological polar surface area (TPSA) is 12.9 Å². The van der Waals surface area contributed by atoms with Crippen LogP contribution in [0.4, 0.5) is 0 Å². The van der Waals surface area contributed by atoms with E-state index in [-0.39, 0.29) is 0 Å². The summed E-state index contributed by atoms with van der Waals surface area (Å²) >= 11 is 0.295. The monoisotopic (exact) mass is 467 g/mol. The summed E-state index contributed by atoms with van der Waals surface area (Å²) in [7, 11) is 0. The van der Waals surface area contributed by atoms with Crippen molar-refractivity contribution in [3.05, 3.63) is 101 Å². The molecule has 2 heteroatoms. The van der Waals surface area contributed by atoms with Crippen LogP contribution in [0.1, 0.15) is 22.3 Å². The van der Waals surface area contributed by atoms with E-state index in [0.29, 0.717) is 14.5 Å². The molecule has 0 radical (unpaired) electrons. The van der Waals surface area contributed by atoms with Gasteiger partial charge in [-0.05, 0) is 0 Å². The van der Waals surface area contributed by atoms with Crippen molar-refractivity contribution in [2.45, 2.75) is 27.7 Å². The molecule has 0 unspecified atom stereocenters. The van der Waals surface area contributed by atoms with E-state index in [1.54, 1.807) is 0 Å². The molecule has 0 aliphatic rings. The second-order valence-corrected chi connectivity index (χ2v) is 10.7. The molecule has 5 rings (SSSR count). The van der Waals surface area contributed by atoms with E-state index in [1.807, 2.05) is 0 Å². The van der Waals surface area contributed by atoms with Gasteiger partial charge in [-0.3, -0.25) is 0 Å². The summed E-state index contributed by atoms with van der Waals surface area (Å²) in [5, 5.41) is 1.32.